The molecule has 0 spiro atoms. The smallest absolute Gasteiger partial charge is 0.225 e. The molecule has 136 heavy (non-hydrogen) atoms. The van der Waals surface area contributed by atoms with Crippen LogP contribution in [0.15, 0.2) is 91.3 Å². The summed E-state index contributed by atoms with van der Waals surface area (Å²) in [5.41, 5.74) is 34.1. The molecule has 8 heterocycles. The van der Waals surface area contributed by atoms with Crippen molar-refractivity contribution in [3.05, 3.63) is 146 Å². The number of nitrogens with two attached hydrogens (primary N) is 4. The van der Waals surface area contributed by atoms with Crippen LogP contribution in [-0.4, -0.2) is 221 Å². The molecule has 0 amide bonds. The molecule has 0 saturated heterocycles. The van der Waals surface area contributed by atoms with Crippen LogP contribution in [0.2, 0.25) is 15.5 Å². The lowest BCUT2D eigenvalue weighted by Gasteiger charge is -2.28. The van der Waals surface area contributed by atoms with Crippen molar-refractivity contribution in [2.45, 2.75) is 277 Å². The maximum atomic E-state index is 9.82. The molecule has 0 bridgehead atoms. The highest BCUT2D eigenvalue weighted by molar-refractivity contribution is 6.34. The van der Waals surface area contributed by atoms with Crippen LogP contribution in [0.1, 0.15) is 220 Å². The lowest BCUT2D eigenvalue weighted by Crippen LogP contribution is -2.36. The van der Waals surface area contributed by atoms with Crippen LogP contribution >= 0.6 is 34.8 Å². The van der Waals surface area contributed by atoms with Crippen molar-refractivity contribution in [3.8, 4) is 34.5 Å². The second-order valence-corrected chi connectivity index (χ2v) is 34.4. The first-order chi connectivity index (χ1) is 64.6. The standard InChI is InChI=1S/C23H30ClN5O3.C23H31N5O3.C14H21N5O.C9H13NO2.C8H6Cl2N4.2C8H19N.C6H15NO.CH4/c1-5-6-7-16(13-30)26-22-21-20(14(2)10-19(24)27-21)28-23(29-22)25-12-15-8-9-17(31-3)11-18(15)32-4;1-5-6-7-17(14-29)26-22-21-20(15(2)10-11-24-21)27-23(28-22)25-13-16-8-9-18(30-3)12-19(16)31-4;1-3-4-5-10(8-20)17-13-12-11(18-14(15)19-13)9(2)6-7-16-12;1-11-8-4-3-7(6-10)9(5-8)12-2;1-3-2-4(9)12-6-5(3)13-8(11)14-7(6)10;2*1-6-9(7(2)3)8(4)5;1-2-3-4-6(7)5-8;/h8-11,16,30H,5-7,12-13H2,1-4H3,(H2,25,26,28,29);8-12,17,29H,5-7,13-14H2,1-4H3,(H2,25,26,27,28);6-7,10,20H,3-5,8H2,1-2H3,(H3,15,17,18,19);3-5H,6,10H2,1-2H3;2H,1H3,(H2,11,13,14);2*7-8H,6H2,1-5H3;6,8H,2-5,7H2,1H3;1H4/t16-;17-;10-;;;;;6-;/m111....1./s1. The minimum absolute atomic E-state index is 0. The fraction of sp³-hybridized carbons (Fsp3) is 0.540. The van der Waals surface area contributed by atoms with Crippen LogP contribution in [0.4, 0.5) is 41.2 Å². The van der Waals surface area contributed by atoms with Gasteiger partial charge < -0.3 is 98.4 Å². The summed E-state index contributed by atoms with van der Waals surface area (Å²) in [6, 6.07) is 26.7. The van der Waals surface area contributed by atoms with Crippen LogP contribution in [0, 0.1) is 27.7 Å². The van der Waals surface area contributed by atoms with E-state index in [1.807, 2.05) is 94.4 Å². The number of methoxy groups -OCH3 is 6. The fourth-order valence-electron chi connectivity index (χ4n) is 14.3. The summed E-state index contributed by atoms with van der Waals surface area (Å²) >= 11 is 17.8. The third kappa shape index (κ3) is 39.6. The molecule has 0 radical (unpaired) electrons. The van der Waals surface area contributed by atoms with E-state index in [1.54, 1.807) is 67.2 Å². The van der Waals surface area contributed by atoms with Gasteiger partial charge in [-0.05, 0) is 199 Å². The summed E-state index contributed by atoms with van der Waals surface area (Å²) in [5, 5.41) is 55.0. The first-order valence-electron chi connectivity index (χ1n) is 46.6. The number of hydrogen-bond acceptors (Lipinski definition) is 33. The molecule has 0 aliphatic heterocycles. The van der Waals surface area contributed by atoms with Crippen molar-refractivity contribution >= 4 is 120 Å². The molecule has 8 aromatic heterocycles. The Balaban J connectivity index is 0.000000422. The monoisotopic (exact) mass is 1950 g/mol. The average molecular weight is 1950 g/mol. The van der Waals surface area contributed by atoms with Crippen molar-refractivity contribution in [1.82, 2.24) is 69.6 Å². The number of aliphatic hydroxyl groups excluding tert-OH is 4. The second-order valence-electron chi connectivity index (χ2n) is 33.2. The summed E-state index contributed by atoms with van der Waals surface area (Å²) in [5.74, 6) is 7.47. The molecule has 33 nitrogen and oxygen atoms in total. The highest BCUT2D eigenvalue weighted by atomic mass is 35.5. The number of hydrogen-bond donors (Lipinski definition) is 13. The summed E-state index contributed by atoms with van der Waals surface area (Å²) in [7, 11) is 9.74. The predicted octanol–water partition coefficient (Wildman–Crippen LogP) is 19.2. The summed E-state index contributed by atoms with van der Waals surface area (Å²) in [6.07, 6.45) is 15.5. The number of ether oxygens (including phenoxy) is 6. The minimum Gasteiger partial charge on any atom is -0.497 e. The maximum Gasteiger partial charge on any atom is 0.225 e. The molecular weight excluding hydrogens is 1790 g/mol. The van der Waals surface area contributed by atoms with Crippen LogP contribution in [0.5, 0.6) is 34.5 Å². The fourth-order valence-corrected chi connectivity index (χ4v) is 15.1. The first kappa shape index (κ1) is 120. The molecule has 4 atom stereocenters. The van der Waals surface area contributed by atoms with Crippen LogP contribution in [0.25, 0.3) is 44.1 Å². The zero-order valence-corrected chi connectivity index (χ0v) is 86.3. The summed E-state index contributed by atoms with van der Waals surface area (Å²) in [6.45, 7) is 42.5. The molecule has 0 fully saturated rings. The number of halogens is 3. The maximum absolute atomic E-state index is 9.82. The van der Waals surface area contributed by atoms with Crippen molar-refractivity contribution in [3.63, 3.8) is 0 Å². The number of nitrogens with zero attached hydrogens (tertiary/aromatic N) is 14. The van der Waals surface area contributed by atoms with Gasteiger partial charge in [0, 0.05) is 97.1 Å². The Labute approximate surface area is 822 Å². The third-order valence-corrected chi connectivity index (χ3v) is 22.4. The number of aryl methyl sites for hydroxylation is 4. The molecule has 17 N–H and O–H groups in total. The zero-order valence-electron chi connectivity index (χ0n) is 84.1. The first-order valence-corrected chi connectivity index (χ1v) is 47.7. The van der Waals surface area contributed by atoms with E-state index in [9.17, 15) is 15.3 Å². The Hall–Kier alpha value is -10.4. The molecule has 0 saturated carbocycles. The van der Waals surface area contributed by atoms with E-state index < -0.39 is 0 Å². The number of anilines is 7. The Morgan fingerprint density at radius 3 is 1.04 bits per heavy atom. The molecule has 3 aromatic carbocycles. The second kappa shape index (κ2) is 64.6. The van der Waals surface area contributed by atoms with E-state index in [0.29, 0.717) is 122 Å². The zero-order chi connectivity index (χ0) is 100. The summed E-state index contributed by atoms with van der Waals surface area (Å²) in [4.78, 5) is 57.2. The van der Waals surface area contributed by atoms with Gasteiger partial charge in [0.2, 0.25) is 23.8 Å². The Morgan fingerprint density at radius 1 is 0.375 bits per heavy atom. The number of unbranched alkanes of at least 4 members (excludes halogenated alkanes) is 4. The predicted molar refractivity (Wildman–Crippen MR) is 562 cm³/mol. The average Bonchev–Trinajstić information content (AvgIpc) is 0.762. The molecule has 11 rings (SSSR count). The van der Waals surface area contributed by atoms with Crippen molar-refractivity contribution in [2.75, 3.05) is 120 Å². The molecule has 36 heteroatoms. The Morgan fingerprint density at radius 2 is 0.706 bits per heavy atom. The molecule has 0 unspecified atom stereocenters. The summed E-state index contributed by atoms with van der Waals surface area (Å²) < 4.78 is 31.7. The number of nitrogens with one attached hydrogen (secondary N) is 5. The van der Waals surface area contributed by atoms with Gasteiger partial charge in [0.25, 0.3) is 0 Å². The third-order valence-electron chi connectivity index (χ3n) is 21.7. The van der Waals surface area contributed by atoms with Gasteiger partial charge in [0.05, 0.1) is 109 Å². The highest BCUT2D eigenvalue weighted by Gasteiger charge is 2.22. The quantitative estimate of drug-likeness (QED) is 0.0125. The van der Waals surface area contributed by atoms with Gasteiger partial charge in [-0.15, -0.1) is 0 Å². The Kier molecular flexibility index (Phi) is 56.9. The Bertz CT molecular complexity index is 5200. The number of pyridine rings is 4. The van der Waals surface area contributed by atoms with Gasteiger partial charge in [0.15, 0.2) is 22.6 Å². The van der Waals surface area contributed by atoms with Gasteiger partial charge in [-0.25, -0.2) is 29.9 Å². The van der Waals surface area contributed by atoms with E-state index in [1.165, 1.54) is 0 Å². The number of aliphatic hydroxyl groups is 4. The van der Waals surface area contributed by atoms with Crippen molar-refractivity contribution in [1.29, 1.82) is 0 Å². The topological polar surface area (TPSA) is 462 Å². The lowest BCUT2D eigenvalue weighted by atomic mass is 10.1. The number of nitrogen functional groups attached to an aromatic ring is 2. The van der Waals surface area contributed by atoms with Crippen molar-refractivity contribution in [2.24, 2.45) is 11.5 Å². The normalized spacial score (nSPS) is 11.7. The van der Waals surface area contributed by atoms with Crippen LogP contribution in [-0.2, 0) is 19.6 Å². The molecule has 0 aliphatic rings. The minimum atomic E-state index is -0.135. The van der Waals surface area contributed by atoms with E-state index in [2.05, 4.69) is 193 Å². The number of fused-ring (bicyclic) bond motifs is 4. The van der Waals surface area contributed by atoms with E-state index >= 15 is 0 Å². The van der Waals surface area contributed by atoms with Gasteiger partial charge >= 0.3 is 0 Å². The van der Waals surface area contributed by atoms with Gasteiger partial charge in [-0.3, -0.25) is 19.8 Å². The highest BCUT2D eigenvalue weighted by Crippen LogP contribution is 2.33. The SMILES string of the molecule is C.CCCC[C@@H](N)CO.CCCC[C@H](CO)Nc1nc(N)nc2c(C)ccnc12.CCCC[C@H](CO)Nc1nc(NCc2ccc(OC)cc2OC)nc2c(C)cc(Cl)nc12.CCCC[C@H](CO)Nc1nc(NCc2ccc(OC)cc2OC)nc2c(C)ccnc12.CCN(C(C)C)C(C)C.CCN(C(C)C)C(C)C.COc1ccc(CN)c(OC)c1.Cc1cc(Cl)nc2c(Cl)nc(N)nc12. The molecular formula is C100H158Cl3N23O10. The van der Waals surface area contributed by atoms with E-state index in [0.717, 1.165) is 169 Å². The number of benzene rings is 3. The van der Waals surface area contributed by atoms with Gasteiger partial charge in [-0.2, -0.15) is 19.9 Å². The molecule has 11 aromatic rings. The van der Waals surface area contributed by atoms with Crippen molar-refractivity contribution < 1.29 is 48.8 Å². The van der Waals surface area contributed by atoms with E-state index in [-0.39, 0.29) is 75.1 Å². The van der Waals surface area contributed by atoms with E-state index in [4.69, 9.17) is 91.3 Å². The largest absolute Gasteiger partial charge is 0.497 e. The number of aromatic nitrogens is 12. The van der Waals surface area contributed by atoms with Crippen LogP contribution < -0.4 is 77.9 Å². The molecule has 0 aliphatic carbocycles. The number of rotatable bonds is 41. The van der Waals surface area contributed by atoms with Crippen LogP contribution in [0.3, 0.4) is 0 Å². The lowest BCUT2D eigenvalue weighted by molar-refractivity contribution is 0.185. The van der Waals surface area contributed by atoms with Gasteiger partial charge in [-0.1, -0.05) is 141 Å². The molecule has 754 valence electrons. The van der Waals surface area contributed by atoms with Gasteiger partial charge in [0.1, 0.15) is 66.9 Å².